The summed E-state index contributed by atoms with van der Waals surface area (Å²) in [6, 6.07) is 14.7. The summed E-state index contributed by atoms with van der Waals surface area (Å²) in [7, 11) is 1.59. The normalized spacial score (nSPS) is 11.0. The zero-order valence-corrected chi connectivity index (χ0v) is 14.7. The second-order valence-electron chi connectivity index (χ2n) is 6.40. The average Bonchev–Trinajstić information content (AvgIpc) is 2.63. The molecule has 0 atom stereocenters. The van der Waals surface area contributed by atoms with Crippen molar-refractivity contribution in [1.82, 2.24) is 4.57 Å². The van der Waals surface area contributed by atoms with Crippen LogP contribution in [0.5, 0.6) is 5.75 Å². The second kappa shape index (κ2) is 6.93. The van der Waals surface area contributed by atoms with Gasteiger partial charge >= 0.3 is 0 Å². The summed E-state index contributed by atoms with van der Waals surface area (Å²) in [5.74, 6) is 1.04. The average molecular weight is 335 g/mol. The number of pyridine rings is 1. The quantitative estimate of drug-likeness (QED) is 0.662. The fourth-order valence-electron chi connectivity index (χ4n) is 2.82. The summed E-state index contributed by atoms with van der Waals surface area (Å²) >= 11 is 0. The minimum absolute atomic E-state index is 0.0296. The summed E-state index contributed by atoms with van der Waals surface area (Å²) in [5.41, 5.74) is 1.63. The van der Waals surface area contributed by atoms with Crippen molar-refractivity contribution >= 4 is 16.6 Å². The lowest BCUT2D eigenvalue weighted by Gasteiger charge is -2.09. The van der Waals surface area contributed by atoms with E-state index in [2.05, 4.69) is 13.8 Å². The molecule has 2 aromatic carbocycles. The van der Waals surface area contributed by atoms with E-state index >= 15 is 0 Å². The molecule has 0 amide bonds. The molecule has 4 heteroatoms. The molecule has 0 saturated heterocycles. The Bertz CT molecular complexity index is 969. The maximum atomic E-state index is 12.6. The van der Waals surface area contributed by atoms with Gasteiger partial charge in [0.05, 0.1) is 13.7 Å². The number of benzene rings is 2. The van der Waals surface area contributed by atoms with Gasteiger partial charge in [-0.1, -0.05) is 38.1 Å². The van der Waals surface area contributed by atoms with Crippen LogP contribution in [0.2, 0.25) is 0 Å². The fraction of sp³-hybridized carbons (Fsp3) is 0.238. The van der Waals surface area contributed by atoms with E-state index in [4.69, 9.17) is 4.74 Å². The van der Waals surface area contributed by atoms with Gasteiger partial charge in [0.2, 0.25) is 0 Å². The highest BCUT2D eigenvalue weighted by molar-refractivity contribution is 5.96. The molecule has 0 N–H and O–H groups in total. The van der Waals surface area contributed by atoms with Crippen LogP contribution in [-0.2, 0) is 6.54 Å². The van der Waals surface area contributed by atoms with Crippen LogP contribution >= 0.6 is 0 Å². The molecule has 0 aliphatic carbocycles. The molecule has 3 rings (SSSR count). The smallest absolute Gasteiger partial charge is 0.258 e. The molecule has 25 heavy (non-hydrogen) atoms. The van der Waals surface area contributed by atoms with E-state index in [-0.39, 0.29) is 17.9 Å². The Morgan fingerprint density at radius 2 is 1.80 bits per heavy atom. The first-order valence-corrected chi connectivity index (χ1v) is 8.30. The molecule has 3 aromatic rings. The molecule has 4 nitrogen and oxygen atoms in total. The molecule has 1 aromatic heterocycles. The first kappa shape index (κ1) is 17.0. The van der Waals surface area contributed by atoms with Crippen molar-refractivity contribution in [3.8, 4) is 5.75 Å². The number of nitrogens with zero attached hydrogens (tertiary/aromatic N) is 1. The maximum absolute atomic E-state index is 12.6. The molecule has 1 heterocycles. The van der Waals surface area contributed by atoms with E-state index in [9.17, 15) is 9.59 Å². The van der Waals surface area contributed by atoms with E-state index in [1.165, 1.54) is 10.1 Å². The summed E-state index contributed by atoms with van der Waals surface area (Å²) in [6.07, 6.45) is 1.66. The number of aromatic nitrogens is 1. The third-order valence-electron chi connectivity index (χ3n) is 4.40. The van der Waals surface area contributed by atoms with Gasteiger partial charge in [0.15, 0.2) is 5.78 Å². The van der Waals surface area contributed by atoms with Crippen LogP contribution in [0.25, 0.3) is 10.8 Å². The van der Waals surface area contributed by atoms with Gasteiger partial charge in [-0.25, -0.2) is 0 Å². The van der Waals surface area contributed by atoms with E-state index < -0.39 is 0 Å². The van der Waals surface area contributed by atoms with Gasteiger partial charge in [-0.2, -0.15) is 0 Å². The Morgan fingerprint density at radius 3 is 2.44 bits per heavy atom. The van der Waals surface area contributed by atoms with Gasteiger partial charge in [-0.05, 0) is 41.1 Å². The van der Waals surface area contributed by atoms with Crippen molar-refractivity contribution in [1.29, 1.82) is 0 Å². The topological polar surface area (TPSA) is 48.3 Å². The Morgan fingerprint density at radius 1 is 1.08 bits per heavy atom. The van der Waals surface area contributed by atoms with Crippen molar-refractivity contribution in [3.05, 3.63) is 76.2 Å². The lowest BCUT2D eigenvalue weighted by atomic mass is 10.0. The maximum Gasteiger partial charge on any atom is 0.258 e. The molecule has 0 aliphatic rings. The van der Waals surface area contributed by atoms with Gasteiger partial charge in [0.1, 0.15) is 5.75 Å². The Kier molecular flexibility index (Phi) is 4.70. The fourth-order valence-corrected chi connectivity index (χ4v) is 2.82. The van der Waals surface area contributed by atoms with Crippen molar-refractivity contribution in [2.24, 2.45) is 0 Å². The van der Waals surface area contributed by atoms with Crippen molar-refractivity contribution < 1.29 is 9.53 Å². The highest BCUT2D eigenvalue weighted by Gasteiger charge is 2.10. The molecule has 0 saturated carbocycles. The van der Waals surface area contributed by atoms with Crippen LogP contribution in [0, 0.1) is 0 Å². The molecular weight excluding hydrogens is 314 g/mol. The zero-order valence-electron chi connectivity index (χ0n) is 14.7. The first-order chi connectivity index (χ1) is 12.0. The molecule has 0 unspecified atom stereocenters. The highest BCUT2D eigenvalue weighted by Crippen LogP contribution is 2.18. The van der Waals surface area contributed by atoms with Crippen LogP contribution < -0.4 is 10.3 Å². The van der Waals surface area contributed by atoms with Crippen molar-refractivity contribution in [2.45, 2.75) is 26.3 Å². The molecule has 0 bridgehead atoms. The highest BCUT2D eigenvalue weighted by atomic mass is 16.5. The van der Waals surface area contributed by atoms with Gasteiger partial charge in [-0.15, -0.1) is 0 Å². The van der Waals surface area contributed by atoms with E-state index in [0.717, 1.165) is 5.39 Å². The molecule has 0 fully saturated rings. The van der Waals surface area contributed by atoms with Crippen LogP contribution in [-0.4, -0.2) is 17.5 Å². The third kappa shape index (κ3) is 3.48. The molecule has 128 valence electrons. The number of rotatable bonds is 5. The Balaban J connectivity index is 1.88. The van der Waals surface area contributed by atoms with Crippen molar-refractivity contribution in [3.63, 3.8) is 0 Å². The second-order valence-corrected chi connectivity index (χ2v) is 6.40. The number of ketones is 1. The van der Waals surface area contributed by atoms with Crippen LogP contribution in [0.1, 0.15) is 35.7 Å². The van der Waals surface area contributed by atoms with E-state index in [1.54, 1.807) is 25.4 Å². The van der Waals surface area contributed by atoms with Crippen LogP contribution in [0.3, 0.4) is 0 Å². The van der Waals surface area contributed by atoms with Crippen molar-refractivity contribution in [2.75, 3.05) is 7.11 Å². The number of hydrogen-bond acceptors (Lipinski definition) is 3. The zero-order chi connectivity index (χ0) is 18.0. The summed E-state index contributed by atoms with van der Waals surface area (Å²) < 4.78 is 6.63. The van der Waals surface area contributed by atoms with Gasteiger partial charge in [-0.3, -0.25) is 9.59 Å². The number of hydrogen-bond donors (Lipinski definition) is 0. The minimum atomic E-state index is -0.174. The molecule has 0 spiro atoms. The molecular formula is C21H21NO3. The predicted molar refractivity (Wildman–Crippen MR) is 99.6 cm³/mol. The number of carbonyl (C=O) groups excluding carboxylic acids is 1. The minimum Gasteiger partial charge on any atom is -0.497 e. The lowest BCUT2D eigenvalue weighted by molar-refractivity contribution is 0.0971. The summed E-state index contributed by atoms with van der Waals surface area (Å²) in [4.78, 5) is 25.1. The standard InChI is InChI=1S/C21H21NO3/c1-14(2)15-4-6-16(7-5-15)20(23)13-22-11-10-17-12-18(25-3)8-9-19(17)21(22)24/h4-12,14H,13H2,1-3H3. The van der Waals surface area contributed by atoms with Gasteiger partial charge in [0.25, 0.3) is 5.56 Å². The monoisotopic (exact) mass is 335 g/mol. The number of ether oxygens (including phenoxy) is 1. The summed E-state index contributed by atoms with van der Waals surface area (Å²) in [5, 5.41) is 1.38. The van der Waals surface area contributed by atoms with E-state index in [0.29, 0.717) is 22.6 Å². The Labute approximate surface area is 146 Å². The molecule has 0 radical (unpaired) electrons. The third-order valence-corrected chi connectivity index (χ3v) is 4.40. The Hall–Kier alpha value is -2.88. The number of fused-ring (bicyclic) bond motifs is 1. The number of methoxy groups -OCH3 is 1. The predicted octanol–water partition coefficient (Wildman–Crippen LogP) is 4.02. The van der Waals surface area contributed by atoms with Crippen LogP contribution in [0.15, 0.2) is 59.5 Å². The summed E-state index contributed by atoms with van der Waals surface area (Å²) in [6.45, 7) is 4.25. The van der Waals surface area contributed by atoms with E-state index in [1.807, 2.05) is 36.4 Å². The van der Waals surface area contributed by atoms with Crippen LogP contribution in [0.4, 0.5) is 0 Å². The van der Waals surface area contributed by atoms with Gasteiger partial charge in [0, 0.05) is 17.1 Å². The number of Topliss-reactive ketones (excluding diaryl/α,β-unsaturated/α-hetero) is 1. The largest absolute Gasteiger partial charge is 0.497 e. The first-order valence-electron chi connectivity index (χ1n) is 8.30. The lowest BCUT2D eigenvalue weighted by Crippen LogP contribution is -2.23. The number of carbonyl (C=O) groups is 1. The SMILES string of the molecule is COc1ccc2c(=O)n(CC(=O)c3ccc(C(C)C)cc3)ccc2c1. The molecule has 0 aliphatic heterocycles. The van der Waals surface area contributed by atoms with Gasteiger partial charge < -0.3 is 9.30 Å².